The SMILES string of the molecule is SCOCC(COCC(COCS)OCS)OCS. The van der Waals surface area contributed by atoms with Crippen LogP contribution in [0.3, 0.4) is 0 Å². The third-order valence-electron chi connectivity index (χ3n) is 2.02. The highest BCUT2D eigenvalue weighted by Crippen LogP contribution is 2.01. The van der Waals surface area contributed by atoms with Crippen LogP contribution in [0.25, 0.3) is 0 Å². The van der Waals surface area contributed by atoms with E-state index in [0.717, 1.165) is 0 Å². The highest BCUT2D eigenvalue weighted by Gasteiger charge is 2.13. The minimum atomic E-state index is -0.174. The van der Waals surface area contributed by atoms with Crippen molar-refractivity contribution in [2.75, 3.05) is 50.2 Å². The lowest BCUT2D eigenvalue weighted by molar-refractivity contribution is -0.0754. The van der Waals surface area contributed by atoms with Crippen molar-refractivity contribution in [3.8, 4) is 0 Å². The van der Waals surface area contributed by atoms with Crippen molar-refractivity contribution in [2.24, 2.45) is 0 Å². The zero-order chi connectivity index (χ0) is 14.3. The van der Waals surface area contributed by atoms with Crippen LogP contribution in [0.2, 0.25) is 0 Å². The van der Waals surface area contributed by atoms with Crippen LogP contribution in [-0.4, -0.2) is 62.4 Å². The average molecular weight is 351 g/mol. The summed E-state index contributed by atoms with van der Waals surface area (Å²) >= 11 is 15.9. The van der Waals surface area contributed by atoms with Gasteiger partial charge in [0.2, 0.25) is 0 Å². The van der Waals surface area contributed by atoms with Crippen LogP contribution in [0, 0.1) is 0 Å². The van der Waals surface area contributed by atoms with E-state index in [2.05, 4.69) is 50.5 Å². The van der Waals surface area contributed by atoms with Gasteiger partial charge in [-0.2, -0.15) is 50.5 Å². The molecule has 0 N–H and O–H groups in total. The molecule has 116 valence electrons. The molecule has 9 heteroatoms. The molecule has 0 aromatic carbocycles. The fourth-order valence-electron chi connectivity index (χ4n) is 1.20. The summed E-state index contributed by atoms with van der Waals surface area (Å²) in [6.45, 7) is 1.61. The Bertz CT molecular complexity index is 171. The van der Waals surface area contributed by atoms with Gasteiger partial charge in [-0.25, -0.2) is 0 Å². The molecule has 0 fully saturated rings. The predicted octanol–water partition coefficient (Wildman–Crippen LogP) is 1.36. The van der Waals surface area contributed by atoms with Gasteiger partial charge in [0.15, 0.2) is 0 Å². The van der Waals surface area contributed by atoms with Gasteiger partial charge in [0, 0.05) is 0 Å². The number of hydrogen-bond acceptors (Lipinski definition) is 9. The second-order valence-electron chi connectivity index (χ2n) is 3.37. The van der Waals surface area contributed by atoms with Crippen LogP contribution in [-0.2, 0) is 23.7 Å². The Morgan fingerprint density at radius 2 is 0.895 bits per heavy atom. The minimum Gasteiger partial charge on any atom is -0.376 e. The van der Waals surface area contributed by atoms with Gasteiger partial charge >= 0.3 is 0 Å². The maximum atomic E-state index is 5.53. The molecule has 0 aliphatic heterocycles. The van der Waals surface area contributed by atoms with Gasteiger partial charge in [0.25, 0.3) is 0 Å². The van der Waals surface area contributed by atoms with Crippen molar-refractivity contribution in [1.82, 2.24) is 0 Å². The average Bonchev–Trinajstić information content (AvgIpc) is 2.42. The van der Waals surface area contributed by atoms with Gasteiger partial charge in [0.05, 0.1) is 50.2 Å². The van der Waals surface area contributed by atoms with E-state index in [9.17, 15) is 0 Å². The van der Waals surface area contributed by atoms with Gasteiger partial charge in [-0.3, -0.25) is 0 Å². The van der Waals surface area contributed by atoms with Crippen molar-refractivity contribution in [3.63, 3.8) is 0 Å². The lowest BCUT2D eigenvalue weighted by Crippen LogP contribution is -2.30. The molecule has 0 rings (SSSR count). The summed E-state index contributed by atoms with van der Waals surface area (Å²) in [5, 5.41) is 0. The Morgan fingerprint density at radius 1 is 0.526 bits per heavy atom. The zero-order valence-electron chi connectivity index (χ0n) is 10.6. The predicted molar refractivity (Wildman–Crippen MR) is 87.9 cm³/mol. The monoisotopic (exact) mass is 350 g/mol. The summed E-state index contributed by atoms with van der Waals surface area (Å²) in [7, 11) is 0. The third kappa shape index (κ3) is 12.6. The van der Waals surface area contributed by atoms with Crippen molar-refractivity contribution in [3.05, 3.63) is 0 Å². The largest absolute Gasteiger partial charge is 0.376 e. The van der Waals surface area contributed by atoms with Crippen LogP contribution in [0.4, 0.5) is 0 Å². The lowest BCUT2D eigenvalue weighted by atomic mass is 10.4. The molecular weight excluding hydrogens is 328 g/mol. The van der Waals surface area contributed by atoms with Crippen molar-refractivity contribution in [1.29, 1.82) is 0 Å². The first-order valence-electron chi connectivity index (χ1n) is 5.68. The first-order valence-corrected chi connectivity index (χ1v) is 8.21. The molecule has 0 aliphatic rings. The molecule has 5 nitrogen and oxygen atoms in total. The van der Waals surface area contributed by atoms with Gasteiger partial charge in [-0.05, 0) is 0 Å². The Balaban J connectivity index is 3.83. The second kappa shape index (κ2) is 15.6. The Hall–Kier alpha value is 1.20. The maximum absolute atomic E-state index is 5.53. The Kier molecular flexibility index (Phi) is 16.6. The first kappa shape index (κ1) is 20.2. The van der Waals surface area contributed by atoms with E-state index in [1.807, 2.05) is 0 Å². The molecule has 2 unspecified atom stereocenters. The number of rotatable bonds is 14. The van der Waals surface area contributed by atoms with Crippen LogP contribution < -0.4 is 0 Å². The van der Waals surface area contributed by atoms with E-state index in [1.54, 1.807) is 0 Å². The van der Waals surface area contributed by atoms with E-state index >= 15 is 0 Å². The molecule has 0 aliphatic carbocycles. The van der Waals surface area contributed by atoms with E-state index in [1.165, 1.54) is 0 Å². The Morgan fingerprint density at radius 3 is 1.21 bits per heavy atom. The molecular formula is C10H22O5S4. The Labute approximate surface area is 136 Å². The summed E-state index contributed by atoms with van der Waals surface area (Å²) in [6.07, 6.45) is -0.348. The molecule has 2 atom stereocenters. The lowest BCUT2D eigenvalue weighted by Gasteiger charge is -2.20. The smallest absolute Gasteiger partial charge is 0.105 e. The maximum Gasteiger partial charge on any atom is 0.105 e. The van der Waals surface area contributed by atoms with Gasteiger partial charge in [-0.1, -0.05) is 0 Å². The normalized spacial score (nSPS) is 14.5. The molecule has 0 bridgehead atoms. The van der Waals surface area contributed by atoms with Gasteiger partial charge in [0.1, 0.15) is 12.2 Å². The highest BCUT2D eigenvalue weighted by atomic mass is 32.1. The van der Waals surface area contributed by atoms with Crippen molar-refractivity contribution in [2.45, 2.75) is 12.2 Å². The van der Waals surface area contributed by atoms with Gasteiger partial charge < -0.3 is 23.7 Å². The quantitative estimate of drug-likeness (QED) is 0.281. The second-order valence-corrected chi connectivity index (χ2v) is 4.41. The fourth-order valence-corrected chi connectivity index (χ4v) is 1.83. The van der Waals surface area contributed by atoms with Crippen molar-refractivity contribution >= 4 is 50.5 Å². The van der Waals surface area contributed by atoms with Crippen molar-refractivity contribution < 1.29 is 23.7 Å². The number of thiol groups is 4. The highest BCUT2D eigenvalue weighted by molar-refractivity contribution is 7.80. The molecule has 0 saturated carbocycles. The molecule has 0 saturated heterocycles. The van der Waals surface area contributed by atoms with E-state index in [0.29, 0.717) is 50.2 Å². The van der Waals surface area contributed by atoms with E-state index < -0.39 is 0 Å². The third-order valence-corrected chi connectivity index (χ3v) is 2.68. The minimum absolute atomic E-state index is 0.174. The van der Waals surface area contributed by atoms with Crippen LogP contribution in [0.5, 0.6) is 0 Å². The molecule has 0 radical (unpaired) electrons. The standard InChI is InChI=1S/C10H22O5S4/c16-5-12-3-9(14-7-18)1-11-2-10(15-8-19)4-13-6-17/h9-10,16-19H,1-8H2. The molecule has 0 heterocycles. The van der Waals surface area contributed by atoms with Crippen LogP contribution in [0.1, 0.15) is 0 Å². The van der Waals surface area contributed by atoms with E-state index in [4.69, 9.17) is 23.7 Å². The first-order chi connectivity index (χ1) is 9.28. The summed E-state index contributed by atoms with van der Waals surface area (Å²) < 4.78 is 26.6. The van der Waals surface area contributed by atoms with E-state index in [-0.39, 0.29) is 12.2 Å². The topological polar surface area (TPSA) is 46.2 Å². The molecule has 0 aromatic heterocycles. The summed E-state index contributed by atoms with van der Waals surface area (Å²) in [4.78, 5) is 0. The fraction of sp³-hybridized carbons (Fsp3) is 1.00. The molecule has 0 amide bonds. The summed E-state index contributed by atoms with van der Waals surface area (Å²) in [5.41, 5.74) is 0. The van der Waals surface area contributed by atoms with Crippen LogP contribution >= 0.6 is 50.5 Å². The summed E-state index contributed by atoms with van der Waals surface area (Å²) in [6, 6.07) is 0. The number of hydrogen-bond donors (Lipinski definition) is 4. The zero-order valence-corrected chi connectivity index (χ0v) is 14.2. The van der Waals surface area contributed by atoms with Crippen LogP contribution in [0.15, 0.2) is 0 Å². The summed E-state index contributed by atoms with van der Waals surface area (Å²) in [5.74, 6) is 1.30. The molecule has 19 heavy (non-hydrogen) atoms. The number of ether oxygens (including phenoxy) is 5. The molecule has 0 aromatic rings. The molecule has 0 spiro atoms. The van der Waals surface area contributed by atoms with Gasteiger partial charge in [-0.15, -0.1) is 0 Å².